The lowest BCUT2D eigenvalue weighted by atomic mass is 10.1. The molecule has 6 aromatic rings. The lowest BCUT2D eigenvalue weighted by Crippen LogP contribution is -2.30. The number of fused-ring (bicyclic) bond motifs is 1. The first-order valence-corrected chi connectivity index (χ1v) is 16.7. The molecule has 11 heteroatoms. The van der Waals surface area contributed by atoms with Gasteiger partial charge in [-0.25, -0.2) is 9.37 Å². The van der Waals surface area contributed by atoms with Crippen LogP contribution >= 0.6 is 34.7 Å². The van der Waals surface area contributed by atoms with Crippen LogP contribution in [0.4, 0.5) is 15.2 Å². The molecule has 1 atom stereocenters. The topological polar surface area (TPSA) is 100 Å². The molecule has 0 aliphatic carbocycles. The molecule has 0 saturated carbocycles. The molecule has 0 fully saturated rings. The standard InChI is InChI=1S/C37H26ClFN4O3S2/c38-28-17-10-18-29(39)27(28)22-31(41-34(44)24-13-5-2-6-14-24)35(45)40-25-15-9-16-26(21-25)47-33(23-11-3-1-4-12-23)36(46)43-37-42-30-19-7-8-20-32(30)48-37/h1-22,33H,(H,40,45)(H,41,44)(H,42,43,46)/b31-22+. The third-order valence-corrected chi connectivity index (χ3v) is 9.56. The minimum atomic E-state index is -0.700. The van der Waals surface area contributed by atoms with Crippen LogP contribution in [0.25, 0.3) is 16.3 Å². The molecule has 0 aliphatic heterocycles. The van der Waals surface area contributed by atoms with Crippen molar-refractivity contribution in [2.24, 2.45) is 0 Å². The molecule has 5 aromatic carbocycles. The number of carbonyl (C=O) groups excluding carboxylic acids is 3. The van der Waals surface area contributed by atoms with Crippen molar-refractivity contribution >= 4 is 79.5 Å². The number of amides is 3. The zero-order valence-electron chi connectivity index (χ0n) is 25.0. The SMILES string of the molecule is O=C(Nc1cccc(SC(C(=O)Nc2nc3ccccc3s2)c2ccccc2)c1)/C(=C\c1c(F)cccc1Cl)NC(=O)c1ccccc1. The van der Waals surface area contributed by atoms with E-state index in [-0.39, 0.29) is 22.2 Å². The van der Waals surface area contributed by atoms with Gasteiger partial charge >= 0.3 is 0 Å². The van der Waals surface area contributed by atoms with Gasteiger partial charge in [-0.1, -0.05) is 95.7 Å². The summed E-state index contributed by atoms with van der Waals surface area (Å²) in [5.41, 5.74) is 2.02. The highest BCUT2D eigenvalue weighted by Gasteiger charge is 2.24. The largest absolute Gasteiger partial charge is 0.321 e. The summed E-state index contributed by atoms with van der Waals surface area (Å²) in [6.45, 7) is 0. The van der Waals surface area contributed by atoms with E-state index in [1.807, 2.05) is 60.7 Å². The molecule has 0 radical (unpaired) electrons. The lowest BCUT2D eigenvalue weighted by molar-refractivity contribution is -0.116. The molecular formula is C37H26ClFN4O3S2. The third kappa shape index (κ3) is 7.98. The number of aromatic nitrogens is 1. The van der Waals surface area contributed by atoms with Crippen molar-refractivity contribution in [2.75, 3.05) is 10.6 Å². The van der Waals surface area contributed by atoms with Crippen LogP contribution in [0.2, 0.25) is 5.02 Å². The van der Waals surface area contributed by atoms with E-state index >= 15 is 0 Å². The Morgan fingerprint density at radius 2 is 1.52 bits per heavy atom. The quantitative estimate of drug-likeness (QED) is 0.0983. The van der Waals surface area contributed by atoms with Crippen LogP contribution in [0, 0.1) is 5.82 Å². The molecular weight excluding hydrogens is 667 g/mol. The predicted molar refractivity (Wildman–Crippen MR) is 192 cm³/mol. The molecule has 0 spiro atoms. The van der Waals surface area contributed by atoms with Gasteiger partial charge in [0.05, 0.1) is 15.2 Å². The van der Waals surface area contributed by atoms with Crippen molar-refractivity contribution in [3.05, 3.63) is 161 Å². The molecule has 0 aliphatic rings. The van der Waals surface area contributed by atoms with Gasteiger partial charge in [-0.2, -0.15) is 0 Å². The van der Waals surface area contributed by atoms with E-state index in [1.165, 1.54) is 47.4 Å². The molecule has 0 saturated heterocycles. The van der Waals surface area contributed by atoms with Crippen molar-refractivity contribution < 1.29 is 18.8 Å². The van der Waals surface area contributed by atoms with E-state index in [4.69, 9.17) is 11.6 Å². The van der Waals surface area contributed by atoms with Gasteiger partial charge in [-0.3, -0.25) is 14.4 Å². The maximum Gasteiger partial charge on any atom is 0.272 e. The Morgan fingerprint density at radius 1 is 0.812 bits per heavy atom. The molecule has 6 rings (SSSR count). The van der Waals surface area contributed by atoms with E-state index in [9.17, 15) is 18.8 Å². The highest BCUT2D eigenvalue weighted by Crippen LogP contribution is 2.38. The number of carbonyl (C=O) groups is 3. The van der Waals surface area contributed by atoms with Gasteiger partial charge in [0.1, 0.15) is 16.8 Å². The van der Waals surface area contributed by atoms with E-state index in [2.05, 4.69) is 20.9 Å². The second-order valence-corrected chi connectivity index (χ2v) is 13.0. The van der Waals surface area contributed by atoms with Crippen LogP contribution in [0.15, 0.2) is 138 Å². The molecule has 3 amide bonds. The fourth-order valence-electron chi connectivity index (χ4n) is 4.71. The van der Waals surface area contributed by atoms with Gasteiger partial charge in [0.15, 0.2) is 5.13 Å². The van der Waals surface area contributed by atoms with Gasteiger partial charge < -0.3 is 16.0 Å². The predicted octanol–water partition coefficient (Wildman–Crippen LogP) is 8.97. The minimum Gasteiger partial charge on any atom is -0.321 e. The summed E-state index contributed by atoms with van der Waals surface area (Å²) < 4.78 is 15.7. The summed E-state index contributed by atoms with van der Waals surface area (Å²) in [6.07, 6.45) is 1.20. The fourth-order valence-corrected chi connectivity index (χ4v) is 6.88. The Kier molecular flexibility index (Phi) is 10.3. The van der Waals surface area contributed by atoms with Crippen molar-refractivity contribution in [1.82, 2.24) is 10.3 Å². The van der Waals surface area contributed by atoms with Gasteiger partial charge in [-0.15, -0.1) is 11.8 Å². The number of anilines is 2. The molecule has 7 nitrogen and oxygen atoms in total. The van der Waals surface area contributed by atoms with Crippen molar-refractivity contribution in [3.8, 4) is 0 Å². The van der Waals surface area contributed by atoms with Crippen molar-refractivity contribution in [3.63, 3.8) is 0 Å². The molecule has 48 heavy (non-hydrogen) atoms. The van der Waals surface area contributed by atoms with Crippen molar-refractivity contribution in [1.29, 1.82) is 0 Å². The van der Waals surface area contributed by atoms with Crippen LogP contribution in [0.3, 0.4) is 0 Å². The summed E-state index contributed by atoms with van der Waals surface area (Å²) in [4.78, 5) is 45.5. The molecule has 1 unspecified atom stereocenters. The average Bonchev–Trinajstić information content (AvgIpc) is 3.51. The van der Waals surface area contributed by atoms with E-state index in [1.54, 1.807) is 48.5 Å². The van der Waals surface area contributed by atoms with Crippen LogP contribution in [-0.4, -0.2) is 22.7 Å². The zero-order valence-corrected chi connectivity index (χ0v) is 27.4. The second kappa shape index (κ2) is 15.1. The first-order chi connectivity index (χ1) is 23.3. The monoisotopic (exact) mass is 692 g/mol. The summed E-state index contributed by atoms with van der Waals surface area (Å²) in [7, 11) is 0. The van der Waals surface area contributed by atoms with E-state index in [0.717, 1.165) is 15.8 Å². The third-order valence-electron chi connectivity index (χ3n) is 7.03. The van der Waals surface area contributed by atoms with E-state index < -0.39 is 22.9 Å². The van der Waals surface area contributed by atoms with Gasteiger partial charge in [0, 0.05) is 21.7 Å². The highest BCUT2D eigenvalue weighted by molar-refractivity contribution is 8.00. The van der Waals surface area contributed by atoms with Crippen molar-refractivity contribution in [2.45, 2.75) is 10.1 Å². The van der Waals surface area contributed by atoms with Gasteiger partial charge in [0.2, 0.25) is 5.91 Å². The Bertz CT molecular complexity index is 2090. The number of hydrogen-bond donors (Lipinski definition) is 3. The van der Waals surface area contributed by atoms with Crippen LogP contribution < -0.4 is 16.0 Å². The Morgan fingerprint density at radius 3 is 2.27 bits per heavy atom. The molecule has 238 valence electrons. The lowest BCUT2D eigenvalue weighted by Gasteiger charge is -2.17. The first-order valence-electron chi connectivity index (χ1n) is 14.7. The summed E-state index contributed by atoms with van der Waals surface area (Å²) >= 11 is 8.94. The normalized spacial score (nSPS) is 11.9. The maximum absolute atomic E-state index is 14.7. The van der Waals surface area contributed by atoms with Gasteiger partial charge in [0.25, 0.3) is 11.8 Å². The molecule has 0 bridgehead atoms. The maximum atomic E-state index is 14.7. The molecule has 1 aromatic heterocycles. The number of halogens is 2. The number of rotatable bonds is 10. The van der Waals surface area contributed by atoms with E-state index in [0.29, 0.717) is 21.3 Å². The summed E-state index contributed by atoms with van der Waals surface area (Å²) in [5.74, 6) is -2.17. The Balaban J connectivity index is 1.24. The molecule has 3 N–H and O–H groups in total. The minimum absolute atomic E-state index is 0.0492. The summed E-state index contributed by atoms with van der Waals surface area (Å²) in [5, 5.41) is 8.27. The first kappa shape index (κ1) is 32.6. The number of thioether (sulfide) groups is 1. The second-order valence-electron chi connectivity index (χ2n) is 10.4. The highest BCUT2D eigenvalue weighted by atomic mass is 35.5. The Labute approximate surface area is 288 Å². The van der Waals surface area contributed by atoms with Crippen LogP contribution in [-0.2, 0) is 9.59 Å². The Hall–Kier alpha value is -5.29. The van der Waals surface area contributed by atoms with Gasteiger partial charge in [-0.05, 0) is 66.2 Å². The average molecular weight is 693 g/mol. The summed E-state index contributed by atoms with van der Waals surface area (Å²) in [6, 6.07) is 36.5. The number of para-hydroxylation sites is 1. The zero-order chi connectivity index (χ0) is 33.5. The smallest absolute Gasteiger partial charge is 0.272 e. The number of nitrogens with one attached hydrogen (secondary N) is 3. The number of benzene rings is 5. The fraction of sp³-hybridized carbons (Fsp3) is 0.0270. The molecule has 1 heterocycles. The number of thiazole rings is 1. The van der Waals surface area contributed by atoms with Crippen LogP contribution in [0.1, 0.15) is 26.7 Å². The number of nitrogens with zero attached hydrogens (tertiary/aromatic N) is 1. The number of hydrogen-bond acceptors (Lipinski definition) is 6. The van der Waals surface area contributed by atoms with Crippen LogP contribution in [0.5, 0.6) is 0 Å².